The zero-order chi connectivity index (χ0) is 22.6. The van der Waals surface area contributed by atoms with Gasteiger partial charge in [-0.3, -0.25) is 4.79 Å². The molecule has 172 valence electrons. The lowest BCUT2D eigenvalue weighted by atomic mass is 10.1. The second kappa shape index (κ2) is 10.2. The number of amides is 1. The van der Waals surface area contributed by atoms with Gasteiger partial charge in [-0.1, -0.05) is 23.7 Å². The highest BCUT2D eigenvalue weighted by Gasteiger charge is 2.27. The highest BCUT2D eigenvalue weighted by atomic mass is 35.5. The molecule has 2 fully saturated rings. The van der Waals surface area contributed by atoms with Crippen LogP contribution >= 0.6 is 11.6 Å². The standard InChI is InChI=1S/C23H27ClN2O5S/c24-17-6-11-22(31-15-19-2-1-13-30-19)21(14-17)25-23(27)12-5-16-3-9-20(10-4-16)32(28,29)26-18-7-8-18/h3-4,6,9-11,14,18-19,26H,1-2,5,7-8,12-13,15H2,(H,25,27). The summed E-state index contributed by atoms with van der Waals surface area (Å²) >= 11 is 6.10. The van der Waals surface area contributed by atoms with E-state index >= 15 is 0 Å². The van der Waals surface area contributed by atoms with E-state index in [2.05, 4.69) is 10.0 Å². The van der Waals surface area contributed by atoms with Crippen LogP contribution in [0.25, 0.3) is 0 Å². The van der Waals surface area contributed by atoms with Crippen molar-refractivity contribution in [3.63, 3.8) is 0 Å². The molecule has 2 aromatic rings. The molecule has 2 aliphatic rings. The SMILES string of the molecule is O=C(CCc1ccc(S(=O)(=O)NC2CC2)cc1)Nc1cc(Cl)ccc1OCC1CCCO1. The normalized spacial score (nSPS) is 18.5. The second-order valence-electron chi connectivity index (χ2n) is 8.17. The smallest absolute Gasteiger partial charge is 0.240 e. The number of carbonyl (C=O) groups is 1. The maximum Gasteiger partial charge on any atom is 0.240 e. The van der Waals surface area contributed by atoms with E-state index in [9.17, 15) is 13.2 Å². The van der Waals surface area contributed by atoms with E-state index in [4.69, 9.17) is 21.1 Å². The first-order valence-corrected chi connectivity index (χ1v) is 12.7. The molecule has 1 aliphatic carbocycles. The van der Waals surface area contributed by atoms with Crippen molar-refractivity contribution >= 4 is 33.2 Å². The first-order chi connectivity index (χ1) is 15.4. The number of halogens is 1. The number of rotatable bonds is 10. The van der Waals surface area contributed by atoms with Gasteiger partial charge >= 0.3 is 0 Å². The van der Waals surface area contributed by atoms with Crippen molar-refractivity contribution in [1.29, 1.82) is 0 Å². The van der Waals surface area contributed by atoms with Gasteiger partial charge in [0.2, 0.25) is 15.9 Å². The number of carbonyl (C=O) groups excluding carboxylic acids is 1. The van der Waals surface area contributed by atoms with Gasteiger partial charge in [0.15, 0.2) is 0 Å². The number of anilines is 1. The Morgan fingerprint density at radius 2 is 1.91 bits per heavy atom. The van der Waals surface area contributed by atoms with Gasteiger partial charge in [0.25, 0.3) is 0 Å². The summed E-state index contributed by atoms with van der Waals surface area (Å²) in [6.45, 7) is 1.18. The lowest BCUT2D eigenvalue weighted by molar-refractivity contribution is -0.116. The van der Waals surface area contributed by atoms with Gasteiger partial charge < -0.3 is 14.8 Å². The minimum Gasteiger partial charge on any atom is -0.489 e. The first kappa shape index (κ1) is 23.0. The molecule has 1 heterocycles. The van der Waals surface area contributed by atoms with Crippen molar-refractivity contribution in [2.45, 2.75) is 55.6 Å². The largest absolute Gasteiger partial charge is 0.489 e. The van der Waals surface area contributed by atoms with Crippen molar-refractivity contribution in [3.8, 4) is 5.75 Å². The maximum atomic E-state index is 12.5. The van der Waals surface area contributed by atoms with Crippen LogP contribution in [0.2, 0.25) is 5.02 Å². The third-order valence-electron chi connectivity index (χ3n) is 5.44. The quantitative estimate of drug-likeness (QED) is 0.540. The summed E-state index contributed by atoms with van der Waals surface area (Å²) in [4.78, 5) is 12.8. The highest BCUT2D eigenvalue weighted by Crippen LogP contribution is 2.29. The van der Waals surface area contributed by atoms with Crippen LogP contribution in [0.5, 0.6) is 5.75 Å². The molecule has 4 rings (SSSR count). The molecule has 1 saturated carbocycles. The van der Waals surface area contributed by atoms with Crippen molar-refractivity contribution in [3.05, 3.63) is 53.1 Å². The lowest BCUT2D eigenvalue weighted by Crippen LogP contribution is -2.25. The Morgan fingerprint density at radius 3 is 2.59 bits per heavy atom. The van der Waals surface area contributed by atoms with E-state index in [1.54, 1.807) is 42.5 Å². The molecule has 0 aromatic heterocycles. The van der Waals surface area contributed by atoms with E-state index < -0.39 is 10.0 Å². The molecule has 2 aromatic carbocycles. The molecular weight excluding hydrogens is 452 g/mol. The molecule has 1 amide bonds. The van der Waals surface area contributed by atoms with Crippen LogP contribution in [0.1, 0.15) is 37.7 Å². The average molecular weight is 479 g/mol. The number of sulfonamides is 1. The van der Waals surface area contributed by atoms with Gasteiger partial charge in [-0.05, 0) is 68.0 Å². The molecule has 1 aliphatic heterocycles. The molecule has 1 unspecified atom stereocenters. The van der Waals surface area contributed by atoms with Gasteiger partial charge in [-0.25, -0.2) is 13.1 Å². The van der Waals surface area contributed by atoms with Gasteiger partial charge in [0.1, 0.15) is 12.4 Å². The fourth-order valence-corrected chi connectivity index (χ4v) is 4.96. The molecule has 9 heteroatoms. The van der Waals surface area contributed by atoms with Crippen LogP contribution in [-0.4, -0.2) is 39.7 Å². The van der Waals surface area contributed by atoms with Crippen LogP contribution in [0, 0.1) is 0 Å². The number of benzene rings is 2. The summed E-state index contributed by atoms with van der Waals surface area (Å²) < 4.78 is 38.6. The Hall–Kier alpha value is -2.13. The number of hydrogen-bond acceptors (Lipinski definition) is 5. The topological polar surface area (TPSA) is 93.7 Å². The Kier molecular flexibility index (Phi) is 7.35. The van der Waals surface area contributed by atoms with E-state index in [-0.39, 0.29) is 29.4 Å². The number of nitrogens with one attached hydrogen (secondary N) is 2. The van der Waals surface area contributed by atoms with E-state index in [0.717, 1.165) is 37.9 Å². The van der Waals surface area contributed by atoms with Gasteiger partial charge in [0, 0.05) is 24.1 Å². The van der Waals surface area contributed by atoms with Crippen LogP contribution < -0.4 is 14.8 Å². The zero-order valence-corrected chi connectivity index (χ0v) is 19.3. The number of hydrogen-bond donors (Lipinski definition) is 2. The molecule has 0 spiro atoms. The van der Waals surface area contributed by atoms with Gasteiger partial charge in [-0.15, -0.1) is 0 Å². The van der Waals surface area contributed by atoms with Crippen LogP contribution in [0.3, 0.4) is 0 Å². The van der Waals surface area contributed by atoms with Crippen molar-refractivity contribution in [2.24, 2.45) is 0 Å². The van der Waals surface area contributed by atoms with Crippen molar-refractivity contribution in [2.75, 3.05) is 18.5 Å². The molecule has 0 bridgehead atoms. The zero-order valence-electron chi connectivity index (χ0n) is 17.7. The third kappa shape index (κ3) is 6.45. The average Bonchev–Trinajstić information content (AvgIpc) is 3.41. The molecule has 2 N–H and O–H groups in total. The lowest BCUT2D eigenvalue weighted by Gasteiger charge is -2.15. The predicted molar refractivity (Wildman–Crippen MR) is 123 cm³/mol. The fraction of sp³-hybridized carbons (Fsp3) is 0.435. The van der Waals surface area contributed by atoms with Crippen molar-refractivity contribution < 1.29 is 22.7 Å². The Balaban J connectivity index is 1.31. The third-order valence-corrected chi connectivity index (χ3v) is 7.21. The molecule has 7 nitrogen and oxygen atoms in total. The molecule has 1 atom stereocenters. The fourth-order valence-electron chi connectivity index (χ4n) is 3.48. The summed E-state index contributed by atoms with van der Waals surface area (Å²) in [5.74, 6) is 0.373. The molecule has 1 saturated heterocycles. The van der Waals surface area contributed by atoms with Crippen LogP contribution in [-0.2, 0) is 26.0 Å². The minimum absolute atomic E-state index is 0.0643. The molecule has 32 heavy (non-hydrogen) atoms. The minimum atomic E-state index is -3.47. The van der Waals surface area contributed by atoms with Gasteiger partial charge in [-0.2, -0.15) is 0 Å². The summed E-state index contributed by atoms with van der Waals surface area (Å²) in [6.07, 6.45) is 4.56. The first-order valence-electron chi connectivity index (χ1n) is 10.8. The van der Waals surface area contributed by atoms with E-state index in [1.165, 1.54) is 0 Å². The van der Waals surface area contributed by atoms with E-state index in [1.807, 2.05) is 0 Å². The van der Waals surface area contributed by atoms with Gasteiger partial charge in [0.05, 0.1) is 16.7 Å². The summed E-state index contributed by atoms with van der Waals surface area (Å²) in [7, 11) is -3.47. The van der Waals surface area contributed by atoms with Crippen LogP contribution in [0.15, 0.2) is 47.4 Å². The number of aryl methyl sites for hydroxylation is 1. The van der Waals surface area contributed by atoms with E-state index in [0.29, 0.717) is 29.5 Å². The monoisotopic (exact) mass is 478 g/mol. The second-order valence-corrected chi connectivity index (χ2v) is 10.3. The summed E-state index contributed by atoms with van der Waals surface area (Å²) in [6, 6.07) is 11.8. The molecule has 0 radical (unpaired) electrons. The summed E-state index contributed by atoms with van der Waals surface area (Å²) in [5, 5.41) is 3.37. The molecular formula is C23H27ClN2O5S. The van der Waals surface area contributed by atoms with Crippen LogP contribution in [0.4, 0.5) is 5.69 Å². The maximum absolute atomic E-state index is 12.5. The highest BCUT2D eigenvalue weighted by molar-refractivity contribution is 7.89. The Morgan fingerprint density at radius 1 is 1.12 bits per heavy atom. The predicted octanol–water partition coefficient (Wildman–Crippen LogP) is 3.91. The summed E-state index contributed by atoms with van der Waals surface area (Å²) in [5.41, 5.74) is 1.40. The Labute approximate surface area is 193 Å². The van der Waals surface area contributed by atoms with Crippen molar-refractivity contribution in [1.82, 2.24) is 4.72 Å². The number of ether oxygens (including phenoxy) is 2. The Bertz CT molecular complexity index is 1050.